The van der Waals surface area contributed by atoms with Gasteiger partial charge in [-0.15, -0.1) is 6.58 Å². The molecule has 3 rings (SSSR count). The lowest BCUT2D eigenvalue weighted by Crippen LogP contribution is -2.40. The largest absolute Gasteiger partial charge is 0.493 e. The maximum atomic E-state index is 12.9. The maximum absolute atomic E-state index is 12.9. The molecule has 1 aromatic heterocycles. The molecule has 0 fully saturated rings. The number of benzene rings is 2. The molecular formula is C24H27N3O4. The molecule has 1 N–H and O–H groups in total. The molecule has 0 spiro atoms. The van der Waals surface area contributed by atoms with E-state index in [9.17, 15) is 9.59 Å². The van der Waals surface area contributed by atoms with E-state index in [2.05, 4.69) is 16.5 Å². The second-order valence-corrected chi connectivity index (χ2v) is 7.41. The Morgan fingerprint density at radius 2 is 2.00 bits per heavy atom. The number of nitrogens with one attached hydrogen (secondary N) is 1. The number of ether oxygens (including phenoxy) is 2. The van der Waals surface area contributed by atoms with Gasteiger partial charge in [0, 0.05) is 6.04 Å². The van der Waals surface area contributed by atoms with Crippen molar-refractivity contribution in [3.05, 3.63) is 76.9 Å². The molecule has 7 nitrogen and oxygen atoms in total. The number of rotatable bonds is 9. The summed E-state index contributed by atoms with van der Waals surface area (Å²) in [5, 5.41) is 0.518. The van der Waals surface area contributed by atoms with Crippen LogP contribution in [0, 0.1) is 0 Å². The van der Waals surface area contributed by atoms with E-state index in [1.54, 1.807) is 36.3 Å². The summed E-state index contributed by atoms with van der Waals surface area (Å²) >= 11 is 0. The van der Waals surface area contributed by atoms with Gasteiger partial charge in [-0.2, -0.15) is 0 Å². The van der Waals surface area contributed by atoms with Crippen molar-refractivity contribution in [3.63, 3.8) is 0 Å². The summed E-state index contributed by atoms with van der Waals surface area (Å²) in [5.74, 6) is 1.26. The number of hydrogen-bond donors (Lipinski definition) is 1. The van der Waals surface area contributed by atoms with Crippen LogP contribution < -0.4 is 15.0 Å². The normalized spacial score (nSPS) is 10.8. The fourth-order valence-electron chi connectivity index (χ4n) is 3.28. The Morgan fingerprint density at radius 3 is 2.71 bits per heavy atom. The standard InChI is InChI=1S/C24H27N3O4/c1-5-8-17-11-12-20(21(13-17)30-4)31-15-23(28)27(16(2)3)14-22-25-19-10-7-6-9-18(19)24(29)26-22/h5-7,9-13,16H,1,8,14-15H2,2-4H3,(H,25,26,29). The summed E-state index contributed by atoms with van der Waals surface area (Å²) in [4.78, 5) is 34.1. The second-order valence-electron chi connectivity index (χ2n) is 7.41. The minimum atomic E-state index is -0.225. The lowest BCUT2D eigenvalue weighted by atomic mass is 10.1. The summed E-state index contributed by atoms with van der Waals surface area (Å²) < 4.78 is 11.1. The summed E-state index contributed by atoms with van der Waals surface area (Å²) in [6.45, 7) is 7.56. The van der Waals surface area contributed by atoms with Crippen LogP contribution >= 0.6 is 0 Å². The average molecular weight is 421 g/mol. The lowest BCUT2D eigenvalue weighted by Gasteiger charge is -2.26. The van der Waals surface area contributed by atoms with Crippen molar-refractivity contribution in [1.29, 1.82) is 0 Å². The number of amides is 1. The Kier molecular flexibility index (Phi) is 7.07. The molecule has 0 saturated carbocycles. The Labute approximate surface area is 181 Å². The van der Waals surface area contributed by atoms with Crippen molar-refractivity contribution in [2.75, 3.05) is 13.7 Å². The van der Waals surface area contributed by atoms with E-state index in [0.717, 1.165) is 5.56 Å². The lowest BCUT2D eigenvalue weighted by molar-refractivity contribution is -0.135. The van der Waals surface area contributed by atoms with Gasteiger partial charge in [-0.3, -0.25) is 9.59 Å². The van der Waals surface area contributed by atoms with Gasteiger partial charge in [-0.05, 0) is 50.1 Å². The van der Waals surface area contributed by atoms with E-state index in [0.29, 0.717) is 34.6 Å². The smallest absolute Gasteiger partial charge is 0.261 e. The van der Waals surface area contributed by atoms with Crippen molar-refractivity contribution < 1.29 is 14.3 Å². The first-order valence-electron chi connectivity index (χ1n) is 10.1. The number of H-pyrrole nitrogens is 1. The van der Waals surface area contributed by atoms with Gasteiger partial charge in [0.2, 0.25) is 0 Å². The predicted octanol–water partition coefficient (Wildman–Crippen LogP) is 3.48. The van der Waals surface area contributed by atoms with Crippen molar-refractivity contribution in [2.45, 2.75) is 32.9 Å². The van der Waals surface area contributed by atoms with Crippen LogP contribution in [0.4, 0.5) is 0 Å². The van der Waals surface area contributed by atoms with Gasteiger partial charge in [-0.1, -0.05) is 24.3 Å². The molecule has 0 atom stereocenters. The van der Waals surface area contributed by atoms with Crippen LogP contribution in [0.5, 0.6) is 11.5 Å². The zero-order chi connectivity index (χ0) is 22.4. The van der Waals surface area contributed by atoms with Gasteiger partial charge in [-0.25, -0.2) is 4.98 Å². The first-order chi connectivity index (χ1) is 14.9. The summed E-state index contributed by atoms with van der Waals surface area (Å²) in [6, 6.07) is 12.6. The minimum absolute atomic E-state index is 0.107. The second kappa shape index (κ2) is 9.93. The number of carbonyl (C=O) groups is 1. The number of nitrogens with zero attached hydrogens (tertiary/aromatic N) is 2. The predicted molar refractivity (Wildman–Crippen MR) is 120 cm³/mol. The maximum Gasteiger partial charge on any atom is 0.261 e. The van der Waals surface area contributed by atoms with E-state index < -0.39 is 0 Å². The van der Waals surface area contributed by atoms with E-state index in [-0.39, 0.29) is 30.7 Å². The zero-order valence-electron chi connectivity index (χ0n) is 18.1. The van der Waals surface area contributed by atoms with Gasteiger partial charge in [0.05, 0.1) is 24.6 Å². The van der Waals surface area contributed by atoms with Crippen LogP contribution in [0.25, 0.3) is 10.9 Å². The summed E-state index contributed by atoms with van der Waals surface area (Å²) in [6.07, 6.45) is 2.53. The molecule has 3 aromatic rings. The van der Waals surface area contributed by atoms with E-state index in [4.69, 9.17) is 9.47 Å². The third-order valence-electron chi connectivity index (χ3n) is 4.88. The molecule has 31 heavy (non-hydrogen) atoms. The number of hydrogen-bond acceptors (Lipinski definition) is 5. The monoisotopic (exact) mass is 421 g/mol. The van der Waals surface area contributed by atoms with Gasteiger partial charge in [0.1, 0.15) is 5.82 Å². The summed E-state index contributed by atoms with van der Waals surface area (Å²) in [5.41, 5.74) is 1.41. The Morgan fingerprint density at radius 1 is 1.23 bits per heavy atom. The molecule has 0 radical (unpaired) electrons. The molecule has 0 aliphatic rings. The molecule has 1 amide bonds. The van der Waals surface area contributed by atoms with Gasteiger partial charge >= 0.3 is 0 Å². The third kappa shape index (κ3) is 5.31. The molecule has 0 aliphatic carbocycles. The minimum Gasteiger partial charge on any atom is -0.493 e. The topological polar surface area (TPSA) is 84.5 Å². The highest BCUT2D eigenvalue weighted by Gasteiger charge is 2.20. The molecule has 0 unspecified atom stereocenters. The molecular weight excluding hydrogens is 394 g/mol. The molecule has 0 saturated heterocycles. The van der Waals surface area contributed by atoms with Crippen LogP contribution in [0.2, 0.25) is 0 Å². The van der Waals surface area contributed by atoms with Crippen LogP contribution in [0.3, 0.4) is 0 Å². The molecule has 0 bridgehead atoms. The van der Waals surface area contributed by atoms with E-state index in [1.165, 1.54) is 0 Å². The molecule has 1 heterocycles. The number of aromatic nitrogens is 2. The van der Waals surface area contributed by atoms with Gasteiger partial charge < -0.3 is 19.4 Å². The van der Waals surface area contributed by atoms with Crippen molar-refractivity contribution >= 4 is 16.8 Å². The molecule has 162 valence electrons. The fourth-order valence-corrected chi connectivity index (χ4v) is 3.28. The highest BCUT2D eigenvalue weighted by atomic mass is 16.5. The average Bonchev–Trinajstić information content (AvgIpc) is 2.76. The fraction of sp³-hybridized carbons (Fsp3) is 0.292. The van der Waals surface area contributed by atoms with Crippen LogP contribution in [0.15, 0.2) is 59.9 Å². The molecule has 2 aromatic carbocycles. The highest BCUT2D eigenvalue weighted by molar-refractivity contribution is 5.79. The SMILES string of the molecule is C=CCc1ccc(OCC(=O)N(Cc2nc3ccccc3c(=O)[nH]2)C(C)C)c(OC)c1. The highest BCUT2D eigenvalue weighted by Crippen LogP contribution is 2.28. The number of methoxy groups -OCH3 is 1. The zero-order valence-corrected chi connectivity index (χ0v) is 18.1. The third-order valence-corrected chi connectivity index (χ3v) is 4.88. The van der Waals surface area contributed by atoms with E-state index >= 15 is 0 Å². The Hall–Kier alpha value is -3.61. The first-order valence-corrected chi connectivity index (χ1v) is 10.1. The molecule has 0 aliphatic heterocycles. The van der Waals surface area contributed by atoms with Gasteiger partial charge in [0.25, 0.3) is 11.5 Å². The molecule has 7 heteroatoms. The Balaban J connectivity index is 1.74. The van der Waals surface area contributed by atoms with Crippen molar-refractivity contribution in [2.24, 2.45) is 0 Å². The first kappa shape index (κ1) is 22.1. The van der Waals surface area contributed by atoms with E-state index in [1.807, 2.05) is 38.1 Å². The van der Waals surface area contributed by atoms with Gasteiger partial charge in [0.15, 0.2) is 18.1 Å². The van der Waals surface area contributed by atoms with Crippen LogP contribution in [-0.2, 0) is 17.8 Å². The van der Waals surface area contributed by atoms with Crippen LogP contribution in [-0.4, -0.2) is 40.5 Å². The quantitative estimate of drug-likeness (QED) is 0.535. The summed E-state index contributed by atoms with van der Waals surface area (Å²) in [7, 11) is 1.56. The Bertz CT molecular complexity index is 1140. The number of carbonyl (C=O) groups excluding carboxylic acids is 1. The number of fused-ring (bicyclic) bond motifs is 1. The number of para-hydroxylation sites is 1. The van der Waals surface area contributed by atoms with Crippen molar-refractivity contribution in [3.8, 4) is 11.5 Å². The van der Waals surface area contributed by atoms with Crippen LogP contribution in [0.1, 0.15) is 25.2 Å². The number of allylic oxidation sites excluding steroid dienone is 1. The number of aromatic amines is 1. The van der Waals surface area contributed by atoms with Crippen molar-refractivity contribution in [1.82, 2.24) is 14.9 Å².